The first kappa shape index (κ1) is 24.6. The van der Waals surface area contributed by atoms with Crippen molar-refractivity contribution in [2.75, 3.05) is 19.6 Å². The normalized spacial score (nSPS) is 14.2. The molecule has 1 aliphatic rings. The molecule has 8 heteroatoms. The van der Waals surface area contributed by atoms with E-state index in [-0.39, 0.29) is 29.9 Å². The Hall–Kier alpha value is -1.68. The van der Waals surface area contributed by atoms with Crippen LogP contribution in [0, 0.1) is 13.8 Å². The molecule has 1 fully saturated rings. The second-order valence-electron chi connectivity index (χ2n) is 7.35. The number of piperidine rings is 1. The molecule has 0 spiro atoms. The van der Waals surface area contributed by atoms with Gasteiger partial charge in [-0.2, -0.15) is 0 Å². The Morgan fingerprint density at radius 3 is 2.63 bits per heavy atom. The number of thiazole rings is 1. The van der Waals surface area contributed by atoms with Gasteiger partial charge in [0.15, 0.2) is 5.96 Å². The molecule has 30 heavy (non-hydrogen) atoms. The van der Waals surface area contributed by atoms with E-state index in [2.05, 4.69) is 27.5 Å². The molecule has 0 aliphatic carbocycles. The Morgan fingerprint density at radius 2 is 1.97 bits per heavy atom. The largest absolute Gasteiger partial charge is 0.357 e. The van der Waals surface area contributed by atoms with Crippen LogP contribution in [-0.2, 0) is 13.1 Å². The number of guanidine groups is 1. The second-order valence-corrected chi connectivity index (χ2v) is 8.64. The second kappa shape index (κ2) is 12.2. The number of amides is 1. The summed E-state index contributed by atoms with van der Waals surface area (Å²) in [6.45, 7) is 9.87. The van der Waals surface area contributed by atoms with Gasteiger partial charge in [-0.05, 0) is 57.7 Å². The van der Waals surface area contributed by atoms with E-state index in [4.69, 9.17) is 0 Å². The topological polar surface area (TPSA) is 69.6 Å². The van der Waals surface area contributed by atoms with Crippen molar-refractivity contribution < 1.29 is 4.79 Å². The van der Waals surface area contributed by atoms with Crippen molar-refractivity contribution in [1.29, 1.82) is 0 Å². The standard InChI is InChI=1S/C22H31N5OS.HI/c1-4-23-22(25-15-20-26-16(2)17(3)29-20)24-14-18-9-8-10-19(13-18)21(28)27-11-6-5-7-12-27;/h8-10,13H,4-7,11-12,14-15H2,1-3H3,(H2,23,24,25);1H. The minimum absolute atomic E-state index is 0. The van der Waals surface area contributed by atoms with Crippen LogP contribution in [0.25, 0.3) is 0 Å². The lowest BCUT2D eigenvalue weighted by molar-refractivity contribution is 0.0724. The Bertz CT molecular complexity index is 841. The minimum Gasteiger partial charge on any atom is -0.357 e. The van der Waals surface area contributed by atoms with Gasteiger partial charge >= 0.3 is 0 Å². The molecule has 1 aromatic carbocycles. The molecule has 2 aromatic rings. The number of nitrogens with zero attached hydrogens (tertiary/aromatic N) is 3. The highest BCUT2D eigenvalue weighted by molar-refractivity contribution is 14.0. The zero-order valence-electron chi connectivity index (χ0n) is 18.0. The molecule has 6 nitrogen and oxygen atoms in total. The van der Waals surface area contributed by atoms with Gasteiger partial charge in [0.2, 0.25) is 0 Å². The Kier molecular flexibility index (Phi) is 10.0. The van der Waals surface area contributed by atoms with Gasteiger partial charge < -0.3 is 15.5 Å². The van der Waals surface area contributed by atoms with Gasteiger partial charge in [-0.1, -0.05) is 12.1 Å². The van der Waals surface area contributed by atoms with Crippen molar-refractivity contribution in [2.45, 2.75) is 53.1 Å². The summed E-state index contributed by atoms with van der Waals surface area (Å²) in [7, 11) is 0. The van der Waals surface area contributed by atoms with E-state index in [0.717, 1.165) is 60.3 Å². The summed E-state index contributed by atoms with van der Waals surface area (Å²) in [5, 5.41) is 7.68. The molecular weight excluding hydrogens is 509 g/mol. The van der Waals surface area contributed by atoms with Crippen LogP contribution in [0.1, 0.15) is 57.7 Å². The fraction of sp³-hybridized carbons (Fsp3) is 0.500. The molecule has 1 saturated heterocycles. The van der Waals surface area contributed by atoms with Crippen LogP contribution in [0.5, 0.6) is 0 Å². The maximum Gasteiger partial charge on any atom is 0.253 e. The number of nitrogens with one attached hydrogen (secondary N) is 2. The number of carbonyl (C=O) groups excluding carboxylic acids is 1. The van der Waals surface area contributed by atoms with E-state index in [9.17, 15) is 4.79 Å². The molecule has 0 saturated carbocycles. The number of hydrogen-bond donors (Lipinski definition) is 2. The molecule has 2 heterocycles. The van der Waals surface area contributed by atoms with Crippen LogP contribution in [-0.4, -0.2) is 41.4 Å². The third-order valence-electron chi connectivity index (χ3n) is 5.06. The molecule has 0 atom stereocenters. The average Bonchev–Trinajstić information content (AvgIpc) is 3.07. The van der Waals surface area contributed by atoms with E-state index in [1.54, 1.807) is 11.3 Å². The van der Waals surface area contributed by atoms with Crippen LogP contribution in [0.15, 0.2) is 29.3 Å². The molecule has 0 bridgehead atoms. The molecule has 2 N–H and O–H groups in total. The number of benzene rings is 1. The lowest BCUT2D eigenvalue weighted by atomic mass is 10.1. The number of aliphatic imine (C=N–C) groups is 1. The van der Waals surface area contributed by atoms with Crippen LogP contribution in [0.4, 0.5) is 0 Å². The van der Waals surface area contributed by atoms with Crippen molar-refractivity contribution >= 4 is 47.2 Å². The van der Waals surface area contributed by atoms with Crippen LogP contribution < -0.4 is 10.6 Å². The highest BCUT2D eigenvalue weighted by atomic mass is 127. The third kappa shape index (κ3) is 6.94. The van der Waals surface area contributed by atoms with Crippen molar-refractivity contribution in [2.24, 2.45) is 4.99 Å². The molecular formula is C22H32IN5OS. The van der Waals surface area contributed by atoms with Gasteiger partial charge in [0.1, 0.15) is 5.01 Å². The van der Waals surface area contributed by atoms with Gasteiger partial charge in [-0.15, -0.1) is 35.3 Å². The van der Waals surface area contributed by atoms with E-state index >= 15 is 0 Å². The van der Waals surface area contributed by atoms with Crippen LogP contribution >= 0.6 is 35.3 Å². The van der Waals surface area contributed by atoms with Gasteiger partial charge in [0, 0.05) is 30.1 Å². The Labute approximate surface area is 200 Å². The molecule has 0 unspecified atom stereocenters. The summed E-state index contributed by atoms with van der Waals surface area (Å²) >= 11 is 1.71. The summed E-state index contributed by atoms with van der Waals surface area (Å²) in [4.78, 5) is 25.2. The highest BCUT2D eigenvalue weighted by Crippen LogP contribution is 2.16. The first-order chi connectivity index (χ1) is 14.1. The Morgan fingerprint density at radius 1 is 1.20 bits per heavy atom. The summed E-state index contributed by atoms with van der Waals surface area (Å²) in [5.41, 5.74) is 2.88. The van der Waals surface area contributed by atoms with Gasteiger partial charge in [0.05, 0.1) is 18.8 Å². The number of halogens is 1. The smallest absolute Gasteiger partial charge is 0.253 e. The molecule has 3 rings (SSSR count). The quantitative estimate of drug-likeness (QED) is 0.326. The van der Waals surface area contributed by atoms with Crippen molar-refractivity contribution in [1.82, 2.24) is 20.5 Å². The molecule has 1 aromatic heterocycles. The number of carbonyl (C=O) groups is 1. The fourth-order valence-corrected chi connectivity index (χ4v) is 4.24. The SMILES string of the molecule is CCNC(=NCc1cccc(C(=O)N2CCCCC2)c1)NCc1nc(C)c(C)s1.I. The molecule has 164 valence electrons. The fourth-order valence-electron chi connectivity index (χ4n) is 3.37. The highest BCUT2D eigenvalue weighted by Gasteiger charge is 2.18. The Balaban J connectivity index is 0.00000320. The number of aryl methyl sites for hydroxylation is 2. The summed E-state index contributed by atoms with van der Waals surface area (Å²) < 4.78 is 0. The zero-order chi connectivity index (χ0) is 20.6. The van der Waals surface area contributed by atoms with Gasteiger partial charge in [0.25, 0.3) is 5.91 Å². The predicted octanol–water partition coefficient (Wildman–Crippen LogP) is 4.26. The summed E-state index contributed by atoms with van der Waals surface area (Å²) in [6.07, 6.45) is 3.43. The van der Waals surface area contributed by atoms with Gasteiger partial charge in [-0.3, -0.25) is 4.79 Å². The first-order valence-electron chi connectivity index (χ1n) is 10.4. The predicted molar refractivity (Wildman–Crippen MR) is 135 cm³/mol. The van der Waals surface area contributed by atoms with E-state index < -0.39 is 0 Å². The lowest BCUT2D eigenvalue weighted by Crippen LogP contribution is -2.36. The number of likely N-dealkylation sites (tertiary alicyclic amines) is 1. The maximum atomic E-state index is 12.7. The molecule has 1 aliphatic heterocycles. The number of rotatable bonds is 6. The number of aromatic nitrogens is 1. The van der Waals surface area contributed by atoms with Crippen LogP contribution in [0.3, 0.4) is 0 Å². The zero-order valence-corrected chi connectivity index (χ0v) is 21.2. The van der Waals surface area contributed by atoms with Crippen molar-refractivity contribution in [3.8, 4) is 0 Å². The first-order valence-corrected chi connectivity index (χ1v) is 11.2. The summed E-state index contributed by atoms with van der Waals surface area (Å²) in [5.74, 6) is 0.890. The molecule has 1 amide bonds. The lowest BCUT2D eigenvalue weighted by Gasteiger charge is -2.26. The summed E-state index contributed by atoms with van der Waals surface area (Å²) in [6, 6.07) is 7.84. The monoisotopic (exact) mass is 541 g/mol. The van der Waals surface area contributed by atoms with Crippen molar-refractivity contribution in [3.63, 3.8) is 0 Å². The average molecular weight is 542 g/mol. The molecule has 0 radical (unpaired) electrons. The minimum atomic E-state index is 0. The van der Waals surface area contributed by atoms with E-state index in [1.165, 1.54) is 11.3 Å². The maximum absolute atomic E-state index is 12.7. The van der Waals surface area contributed by atoms with E-state index in [0.29, 0.717) is 13.1 Å². The van der Waals surface area contributed by atoms with E-state index in [1.807, 2.05) is 43.0 Å². The number of hydrogen-bond acceptors (Lipinski definition) is 4. The third-order valence-corrected chi connectivity index (χ3v) is 6.13. The van der Waals surface area contributed by atoms with Crippen LogP contribution in [0.2, 0.25) is 0 Å². The van der Waals surface area contributed by atoms with Gasteiger partial charge in [-0.25, -0.2) is 9.98 Å². The van der Waals surface area contributed by atoms with Crippen molar-refractivity contribution in [3.05, 3.63) is 51.0 Å².